The van der Waals surface area contributed by atoms with Gasteiger partial charge in [-0.05, 0) is 58.5 Å². The van der Waals surface area contributed by atoms with Gasteiger partial charge in [-0.2, -0.15) is 0 Å². The highest BCUT2D eigenvalue weighted by molar-refractivity contribution is 5.38. The third-order valence-corrected chi connectivity index (χ3v) is 4.26. The Balaban J connectivity index is 2.24. The zero-order chi connectivity index (χ0) is 13.9. The Bertz CT molecular complexity index is 433. The van der Waals surface area contributed by atoms with Crippen LogP contribution in [0.3, 0.4) is 0 Å². The number of ether oxygens (including phenoxy) is 1. The number of hydrogen-bond acceptors (Lipinski definition) is 3. The van der Waals surface area contributed by atoms with Gasteiger partial charge in [-0.15, -0.1) is 0 Å². The van der Waals surface area contributed by atoms with Crippen LogP contribution in [0.2, 0.25) is 0 Å². The maximum atomic E-state index is 5.52. The fourth-order valence-corrected chi connectivity index (χ4v) is 3.21. The Morgan fingerprint density at radius 2 is 2.21 bits per heavy atom. The first kappa shape index (κ1) is 14.4. The Kier molecular flexibility index (Phi) is 4.48. The van der Waals surface area contributed by atoms with Gasteiger partial charge in [0.15, 0.2) is 0 Å². The standard InChI is InChI=1S/C16H26N2O/c1-13-6-7-15(19-4)14(10-13)11-16(17-2)8-5-9-18(3)12-16/h6-7,10,17H,5,8-9,11-12H2,1-4H3. The summed E-state index contributed by atoms with van der Waals surface area (Å²) in [6.07, 6.45) is 3.51. The molecule has 3 nitrogen and oxygen atoms in total. The molecule has 0 amide bonds. The van der Waals surface area contributed by atoms with Crippen molar-refractivity contribution in [1.29, 1.82) is 0 Å². The number of piperidine rings is 1. The minimum atomic E-state index is 0.175. The third kappa shape index (κ3) is 3.28. The lowest BCUT2D eigenvalue weighted by atomic mass is 9.83. The Hall–Kier alpha value is -1.06. The molecule has 0 spiro atoms. The quantitative estimate of drug-likeness (QED) is 0.900. The fraction of sp³-hybridized carbons (Fsp3) is 0.625. The van der Waals surface area contributed by atoms with Gasteiger partial charge < -0.3 is 15.0 Å². The molecule has 0 bridgehead atoms. The topological polar surface area (TPSA) is 24.5 Å². The van der Waals surface area contributed by atoms with Crippen molar-refractivity contribution in [2.75, 3.05) is 34.3 Å². The molecule has 1 atom stereocenters. The number of benzene rings is 1. The van der Waals surface area contributed by atoms with Crippen LogP contribution in [0, 0.1) is 6.92 Å². The smallest absolute Gasteiger partial charge is 0.122 e. The second-order valence-electron chi connectivity index (χ2n) is 5.86. The van der Waals surface area contributed by atoms with E-state index in [0.717, 1.165) is 18.7 Å². The van der Waals surface area contributed by atoms with E-state index in [-0.39, 0.29) is 5.54 Å². The molecule has 106 valence electrons. The largest absolute Gasteiger partial charge is 0.496 e. The summed E-state index contributed by atoms with van der Waals surface area (Å²) in [6, 6.07) is 6.45. The molecule has 0 aliphatic carbocycles. The monoisotopic (exact) mass is 262 g/mol. The van der Waals surface area contributed by atoms with Crippen LogP contribution < -0.4 is 10.1 Å². The van der Waals surface area contributed by atoms with Gasteiger partial charge >= 0.3 is 0 Å². The maximum absolute atomic E-state index is 5.52. The van der Waals surface area contributed by atoms with E-state index in [1.807, 2.05) is 0 Å². The van der Waals surface area contributed by atoms with Crippen LogP contribution in [0.5, 0.6) is 5.75 Å². The number of hydrogen-bond donors (Lipinski definition) is 1. The molecule has 1 heterocycles. The van der Waals surface area contributed by atoms with E-state index in [4.69, 9.17) is 4.74 Å². The number of aryl methyl sites for hydroxylation is 1. The van der Waals surface area contributed by atoms with Crippen molar-refractivity contribution in [1.82, 2.24) is 10.2 Å². The molecule has 1 N–H and O–H groups in total. The summed E-state index contributed by atoms with van der Waals surface area (Å²) in [6.45, 7) is 4.44. The number of rotatable bonds is 4. The molecule has 1 aliphatic heterocycles. The highest BCUT2D eigenvalue weighted by atomic mass is 16.5. The predicted octanol–water partition coefficient (Wildman–Crippen LogP) is 2.23. The molecule has 1 fully saturated rings. The predicted molar refractivity (Wildman–Crippen MR) is 80.0 cm³/mol. The van der Waals surface area contributed by atoms with E-state index in [1.54, 1.807) is 7.11 Å². The number of methoxy groups -OCH3 is 1. The average molecular weight is 262 g/mol. The molecule has 0 aromatic heterocycles. The van der Waals surface area contributed by atoms with Gasteiger partial charge in [0.2, 0.25) is 0 Å². The van der Waals surface area contributed by atoms with Gasteiger partial charge in [-0.3, -0.25) is 0 Å². The molecule has 19 heavy (non-hydrogen) atoms. The summed E-state index contributed by atoms with van der Waals surface area (Å²) in [4.78, 5) is 2.42. The number of nitrogens with zero attached hydrogens (tertiary/aromatic N) is 1. The Labute approximate surface area is 116 Å². The lowest BCUT2D eigenvalue weighted by Gasteiger charge is -2.42. The lowest BCUT2D eigenvalue weighted by Crippen LogP contribution is -2.56. The summed E-state index contributed by atoms with van der Waals surface area (Å²) in [5.41, 5.74) is 2.78. The van der Waals surface area contributed by atoms with Crippen LogP contribution in [0.15, 0.2) is 18.2 Å². The van der Waals surface area contributed by atoms with E-state index < -0.39 is 0 Å². The molecule has 1 aromatic rings. The highest BCUT2D eigenvalue weighted by Gasteiger charge is 2.33. The SMILES string of the molecule is CNC1(Cc2cc(C)ccc2OC)CCCN(C)C1. The van der Waals surface area contributed by atoms with Gasteiger partial charge in [-0.1, -0.05) is 17.7 Å². The second kappa shape index (κ2) is 5.93. The van der Waals surface area contributed by atoms with Crippen LogP contribution in [0.4, 0.5) is 0 Å². The fourth-order valence-electron chi connectivity index (χ4n) is 3.21. The minimum absolute atomic E-state index is 0.175. The van der Waals surface area contributed by atoms with E-state index in [0.29, 0.717) is 0 Å². The Morgan fingerprint density at radius 1 is 1.42 bits per heavy atom. The molecule has 0 saturated carbocycles. The molecule has 1 unspecified atom stereocenters. The first-order valence-electron chi connectivity index (χ1n) is 7.09. The van der Waals surface area contributed by atoms with E-state index in [1.165, 1.54) is 30.5 Å². The summed E-state index contributed by atoms with van der Waals surface area (Å²) in [5, 5.41) is 3.57. The van der Waals surface area contributed by atoms with Gasteiger partial charge in [0.1, 0.15) is 5.75 Å². The Morgan fingerprint density at radius 3 is 2.84 bits per heavy atom. The van der Waals surface area contributed by atoms with Gasteiger partial charge in [0.25, 0.3) is 0 Å². The van der Waals surface area contributed by atoms with Gasteiger partial charge in [0.05, 0.1) is 7.11 Å². The van der Waals surface area contributed by atoms with Crippen molar-refractivity contribution < 1.29 is 4.74 Å². The van der Waals surface area contributed by atoms with Crippen LogP contribution in [-0.2, 0) is 6.42 Å². The second-order valence-corrected chi connectivity index (χ2v) is 5.86. The molecule has 0 radical (unpaired) electrons. The van der Waals surface area contributed by atoms with Crippen LogP contribution >= 0.6 is 0 Å². The van der Waals surface area contributed by atoms with Crippen molar-refractivity contribution in [2.24, 2.45) is 0 Å². The molecule has 1 aliphatic rings. The number of nitrogens with one attached hydrogen (secondary N) is 1. The molecular formula is C16H26N2O. The first-order valence-corrected chi connectivity index (χ1v) is 7.09. The van der Waals surface area contributed by atoms with Crippen LogP contribution in [0.25, 0.3) is 0 Å². The van der Waals surface area contributed by atoms with E-state index in [9.17, 15) is 0 Å². The van der Waals surface area contributed by atoms with E-state index in [2.05, 4.69) is 49.4 Å². The average Bonchev–Trinajstić information content (AvgIpc) is 2.39. The van der Waals surface area contributed by atoms with Crippen molar-refractivity contribution in [3.63, 3.8) is 0 Å². The highest BCUT2D eigenvalue weighted by Crippen LogP contribution is 2.29. The normalized spacial score (nSPS) is 24.4. The summed E-state index contributed by atoms with van der Waals surface area (Å²) >= 11 is 0. The summed E-state index contributed by atoms with van der Waals surface area (Å²) < 4.78 is 5.52. The van der Waals surface area contributed by atoms with E-state index >= 15 is 0 Å². The molecule has 1 saturated heterocycles. The van der Waals surface area contributed by atoms with Crippen LogP contribution in [-0.4, -0.2) is 44.7 Å². The molecule has 1 aromatic carbocycles. The third-order valence-electron chi connectivity index (χ3n) is 4.26. The number of likely N-dealkylation sites (N-methyl/N-ethyl adjacent to an activating group) is 2. The molecular weight excluding hydrogens is 236 g/mol. The minimum Gasteiger partial charge on any atom is -0.496 e. The first-order chi connectivity index (χ1) is 9.08. The van der Waals surface area contributed by atoms with Gasteiger partial charge in [-0.25, -0.2) is 0 Å². The zero-order valence-electron chi connectivity index (χ0n) is 12.6. The van der Waals surface area contributed by atoms with Gasteiger partial charge in [0, 0.05) is 12.1 Å². The molecule has 3 heteroatoms. The lowest BCUT2D eigenvalue weighted by molar-refractivity contribution is 0.150. The van der Waals surface area contributed by atoms with Crippen molar-refractivity contribution in [3.05, 3.63) is 29.3 Å². The van der Waals surface area contributed by atoms with Crippen molar-refractivity contribution in [3.8, 4) is 5.75 Å². The van der Waals surface area contributed by atoms with Crippen molar-refractivity contribution in [2.45, 2.75) is 31.7 Å². The van der Waals surface area contributed by atoms with Crippen LogP contribution in [0.1, 0.15) is 24.0 Å². The zero-order valence-corrected chi connectivity index (χ0v) is 12.6. The summed E-state index contributed by atoms with van der Waals surface area (Å²) in [7, 11) is 6.05. The summed E-state index contributed by atoms with van der Waals surface area (Å²) in [5.74, 6) is 1.01. The number of likely N-dealkylation sites (tertiary alicyclic amines) is 1. The maximum Gasteiger partial charge on any atom is 0.122 e. The molecule has 2 rings (SSSR count). The van der Waals surface area contributed by atoms with Crippen molar-refractivity contribution >= 4 is 0 Å².